The summed E-state index contributed by atoms with van der Waals surface area (Å²) < 4.78 is 5.43. The molecule has 2 saturated heterocycles. The summed E-state index contributed by atoms with van der Waals surface area (Å²) in [6.45, 7) is 5.50. The molecule has 0 spiro atoms. The van der Waals surface area contributed by atoms with Crippen LogP contribution in [0.3, 0.4) is 0 Å². The van der Waals surface area contributed by atoms with Gasteiger partial charge in [-0.1, -0.05) is 6.92 Å². The van der Waals surface area contributed by atoms with Crippen LogP contribution in [0.5, 0.6) is 0 Å². The van der Waals surface area contributed by atoms with Gasteiger partial charge < -0.3 is 9.64 Å². The maximum absolute atomic E-state index is 12.5. The quantitative estimate of drug-likeness (QED) is 0.777. The van der Waals surface area contributed by atoms with E-state index in [4.69, 9.17) is 4.74 Å². The van der Waals surface area contributed by atoms with Crippen molar-refractivity contribution in [2.75, 3.05) is 26.3 Å². The van der Waals surface area contributed by atoms with Crippen molar-refractivity contribution in [2.45, 2.75) is 39.0 Å². The summed E-state index contributed by atoms with van der Waals surface area (Å²) in [6.07, 6.45) is 5.32. The Morgan fingerprint density at radius 3 is 2.25 bits per heavy atom. The smallest absolute Gasteiger partial charge is 0.243 e. The zero-order chi connectivity index (χ0) is 14.2. The minimum absolute atomic E-state index is 0.0953. The molecule has 2 atom stereocenters. The number of nitrogens with zero attached hydrogens (tertiary/aromatic N) is 2. The minimum atomic E-state index is -0.675. The second-order valence-electron chi connectivity index (χ2n) is 6.77. The van der Waals surface area contributed by atoms with E-state index in [1.54, 1.807) is 0 Å². The van der Waals surface area contributed by atoms with Gasteiger partial charge in [0.15, 0.2) is 0 Å². The lowest BCUT2D eigenvalue weighted by atomic mass is 9.80. The number of ether oxygens (including phenoxy) is 1. The molecule has 0 N–H and O–H groups in total. The van der Waals surface area contributed by atoms with Crippen LogP contribution in [0.25, 0.3) is 0 Å². The summed E-state index contributed by atoms with van der Waals surface area (Å²) >= 11 is 0. The first-order chi connectivity index (χ1) is 9.67. The van der Waals surface area contributed by atoms with Crippen molar-refractivity contribution in [1.82, 2.24) is 4.90 Å². The van der Waals surface area contributed by atoms with Gasteiger partial charge in [-0.3, -0.25) is 4.79 Å². The molecule has 0 radical (unpaired) electrons. The lowest BCUT2D eigenvalue weighted by molar-refractivity contribution is -0.137. The predicted octanol–water partition coefficient (Wildman–Crippen LogP) is 2.20. The molecule has 3 fully saturated rings. The van der Waals surface area contributed by atoms with Crippen molar-refractivity contribution in [3.8, 4) is 6.07 Å². The van der Waals surface area contributed by atoms with Gasteiger partial charge in [0, 0.05) is 26.3 Å². The molecule has 1 aliphatic carbocycles. The van der Waals surface area contributed by atoms with Gasteiger partial charge in [-0.2, -0.15) is 5.26 Å². The molecule has 1 saturated carbocycles. The van der Waals surface area contributed by atoms with E-state index in [9.17, 15) is 10.1 Å². The summed E-state index contributed by atoms with van der Waals surface area (Å²) in [5.74, 6) is 1.87. The monoisotopic (exact) mass is 276 g/mol. The van der Waals surface area contributed by atoms with Crippen LogP contribution < -0.4 is 0 Å². The molecular formula is C16H24N2O2. The first-order valence-corrected chi connectivity index (χ1v) is 7.96. The van der Waals surface area contributed by atoms with Gasteiger partial charge in [-0.25, -0.2) is 0 Å². The van der Waals surface area contributed by atoms with Crippen LogP contribution in [0.15, 0.2) is 0 Å². The third kappa shape index (κ3) is 2.33. The van der Waals surface area contributed by atoms with Gasteiger partial charge >= 0.3 is 0 Å². The number of amides is 1. The molecule has 0 aromatic carbocycles. The number of hydrogen-bond donors (Lipinski definition) is 0. The van der Waals surface area contributed by atoms with Gasteiger partial charge in [0.25, 0.3) is 0 Å². The summed E-state index contributed by atoms with van der Waals surface area (Å²) in [4.78, 5) is 14.4. The highest BCUT2D eigenvalue weighted by Gasteiger charge is 2.59. The molecule has 0 aromatic rings. The Hall–Kier alpha value is -1.08. The van der Waals surface area contributed by atoms with E-state index >= 15 is 0 Å². The highest BCUT2D eigenvalue weighted by atomic mass is 16.5. The molecule has 20 heavy (non-hydrogen) atoms. The standard InChI is InChI=1S/C16H24N2O2/c1-12-10-16(12,11-17)15(19)18-6-2-13(3-7-18)14-4-8-20-9-5-14/h12-14H,2-10H2,1H3. The first-order valence-electron chi connectivity index (χ1n) is 7.96. The molecule has 2 aliphatic heterocycles. The fourth-order valence-electron chi connectivity index (χ4n) is 3.97. The van der Waals surface area contributed by atoms with Crippen molar-refractivity contribution in [1.29, 1.82) is 5.26 Å². The largest absolute Gasteiger partial charge is 0.381 e. The van der Waals surface area contributed by atoms with E-state index in [-0.39, 0.29) is 11.8 Å². The molecule has 4 nitrogen and oxygen atoms in total. The van der Waals surface area contributed by atoms with Crippen molar-refractivity contribution < 1.29 is 9.53 Å². The number of rotatable bonds is 2. The van der Waals surface area contributed by atoms with E-state index in [2.05, 4.69) is 6.07 Å². The molecule has 0 bridgehead atoms. The Bertz CT molecular complexity index is 417. The highest BCUT2D eigenvalue weighted by molar-refractivity contribution is 5.89. The Labute approximate surface area is 121 Å². The number of likely N-dealkylation sites (tertiary alicyclic amines) is 1. The second kappa shape index (κ2) is 5.37. The Morgan fingerprint density at radius 2 is 1.75 bits per heavy atom. The van der Waals surface area contributed by atoms with Crippen molar-refractivity contribution in [3.63, 3.8) is 0 Å². The van der Waals surface area contributed by atoms with Crippen molar-refractivity contribution in [2.24, 2.45) is 23.2 Å². The number of carbonyl (C=O) groups is 1. The molecule has 2 unspecified atom stereocenters. The molecule has 0 aromatic heterocycles. The molecule has 110 valence electrons. The van der Waals surface area contributed by atoms with E-state index in [0.29, 0.717) is 0 Å². The Kier molecular flexibility index (Phi) is 3.72. The third-order valence-corrected chi connectivity index (χ3v) is 5.65. The van der Waals surface area contributed by atoms with Crippen LogP contribution in [-0.2, 0) is 9.53 Å². The Balaban J connectivity index is 1.54. The van der Waals surface area contributed by atoms with Crippen LogP contribution in [0.4, 0.5) is 0 Å². The lowest BCUT2D eigenvalue weighted by Crippen LogP contribution is -2.44. The number of carbonyl (C=O) groups excluding carboxylic acids is 1. The van der Waals surface area contributed by atoms with Gasteiger partial charge in [0.2, 0.25) is 5.91 Å². The SMILES string of the molecule is CC1CC1(C#N)C(=O)N1CCC(C2CCOCC2)CC1. The topological polar surface area (TPSA) is 53.3 Å². The molecule has 3 rings (SSSR count). The Morgan fingerprint density at radius 1 is 1.20 bits per heavy atom. The lowest BCUT2D eigenvalue weighted by Gasteiger charge is -2.38. The second-order valence-corrected chi connectivity index (χ2v) is 6.77. The van der Waals surface area contributed by atoms with Gasteiger partial charge in [-0.05, 0) is 49.9 Å². The van der Waals surface area contributed by atoms with Crippen LogP contribution in [0.1, 0.15) is 39.0 Å². The molecule has 4 heteroatoms. The zero-order valence-electron chi connectivity index (χ0n) is 12.3. The highest BCUT2D eigenvalue weighted by Crippen LogP contribution is 2.53. The van der Waals surface area contributed by atoms with Crippen molar-refractivity contribution >= 4 is 5.91 Å². The fraction of sp³-hybridized carbons (Fsp3) is 0.875. The number of piperidine rings is 1. The molecule has 3 aliphatic rings. The van der Waals surface area contributed by atoms with Crippen molar-refractivity contribution in [3.05, 3.63) is 0 Å². The number of nitriles is 1. The molecule has 1 amide bonds. The first kappa shape index (κ1) is 13.9. The maximum atomic E-state index is 12.5. The van der Waals surface area contributed by atoms with E-state index in [0.717, 1.165) is 57.4 Å². The number of hydrogen-bond acceptors (Lipinski definition) is 3. The maximum Gasteiger partial charge on any atom is 0.243 e. The van der Waals surface area contributed by atoms with Gasteiger partial charge in [0.1, 0.15) is 5.41 Å². The summed E-state index contributed by atoms with van der Waals surface area (Å²) in [7, 11) is 0. The van der Waals surface area contributed by atoms with Crippen LogP contribution in [0, 0.1) is 34.5 Å². The molecule has 2 heterocycles. The van der Waals surface area contributed by atoms with Crippen LogP contribution in [-0.4, -0.2) is 37.1 Å². The normalized spacial score (nSPS) is 35.6. The summed E-state index contributed by atoms with van der Waals surface area (Å²) in [5, 5.41) is 9.27. The van der Waals surface area contributed by atoms with E-state index in [1.165, 1.54) is 12.8 Å². The van der Waals surface area contributed by atoms with E-state index < -0.39 is 5.41 Å². The van der Waals surface area contributed by atoms with Crippen LogP contribution >= 0.6 is 0 Å². The average molecular weight is 276 g/mol. The van der Waals surface area contributed by atoms with Gasteiger partial charge in [0.05, 0.1) is 6.07 Å². The van der Waals surface area contributed by atoms with Gasteiger partial charge in [-0.15, -0.1) is 0 Å². The summed E-state index contributed by atoms with van der Waals surface area (Å²) in [5.41, 5.74) is -0.675. The third-order valence-electron chi connectivity index (χ3n) is 5.65. The van der Waals surface area contributed by atoms with Crippen LogP contribution in [0.2, 0.25) is 0 Å². The summed E-state index contributed by atoms with van der Waals surface area (Å²) in [6, 6.07) is 2.27. The zero-order valence-corrected chi connectivity index (χ0v) is 12.3. The molecular weight excluding hydrogens is 252 g/mol. The minimum Gasteiger partial charge on any atom is -0.381 e. The van der Waals surface area contributed by atoms with E-state index in [1.807, 2.05) is 11.8 Å². The average Bonchev–Trinajstić information content (AvgIpc) is 3.19. The predicted molar refractivity (Wildman–Crippen MR) is 74.7 cm³/mol. The fourth-order valence-corrected chi connectivity index (χ4v) is 3.97.